The highest BCUT2D eigenvalue weighted by molar-refractivity contribution is 6.30. The summed E-state index contributed by atoms with van der Waals surface area (Å²) >= 11 is 5.41. The van der Waals surface area contributed by atoms with Crippen LogP contribution in [0.3, 0.4) is 0 Å². The zero-order valence-corrected chi connectivity index (χ0v) is 10.9. The van der Waals surface area contributed by atoms with E-state index in [-0.39, 0.29) is 29.0 Å². The van der Waals surface area contributed by atoms with Crippen LogP contribution in [0.2, 0.25) is 5.02 Å². The Bertz CT molecular complexity index is 471. The molecule has 0 aromatic heterocycles. The fraction of sp³-hybridized carbons (Fsp3) is 0.364. The van der Waals surface area contributed by atoms with E-state index in [9.17, 15) is 13.6 Å². The lowest BCUT2D eigenvalue weighted by atomic mass is 10.2. The van der Waals surface area contributed by atoms with Gasteiger partial charge in [0.2, 0.25) is 0 Å². The van der Waals surface area contributed by atoms with E-state index in [0.29, 0.717) is 19.5 Å². The molecule has 0 radical (unpaired) electrons. The summed E-state index contributed by atoms with van der Waals surface area (Å²) in [5, 5.41) is -0.336. The smallest absolute Gasteiger partial charge is 0.256 e. The summed E-state index contributed by atoms with van der Waals surface area (Å²) in [6.45, 7) is 0.826. The highest BCUT2D eigenvalue weighted by Crippen LogP contribution is 2.21. The Labute approximate surface area is 114 Å². The number of likely N-dealkylation sites (tertiary alicyclic amines) is 1. The zero-order chi connectivity index (χ0) is 12.6. The molecule has 0 bridgehead atoms. The van der Waals surface area contributed by atoms with Gasteiger partial charge in [-0.3, -0.25) is 4.79 Å². The third-order valence-corrected chi connectivity index (χ3v) is 3.04. The molecule has 0 unspecified atom stereocenters. The highest BCUT2D eigenvalue weighted by Gasteiger charge is 2.27. The maximum absolute atomic E-state index is 13.5. The van der Waals surface area contributed by atoms with Crippen LogP contribution in [0.4, 0.5) is 8.78 Å². The molecule has 3 nitrogen and oxygen atoms in total. The molecule has 7 heteroatoms. The lowest BCUT2D eigenvalue weighted by molar-refractivity contribution is 0.0785. The first kappa shape index (κ1) is 15.1. The van der Waals surface area contributed by atoms with Crippen LogP contribution in [0, 0.1) is 11.6 Å². The van der Waals surface area contributed by atoms with Crippen LogP contribution in [-0.4, -0.2) is 29.9 Å². The molecule has 0 aliphatic carbocycles. The Hall–Kier alpha value is -0.910. The normalized spacial score (nSPS) is 18.7. The molecule has 1 amide bonds. The van der Waals surface area contributed by atoms with E-state index in [1.54, 1.807) is 0 Å². The van der Waals surface area contributed by atoms with Crippen LogP contribution in [0.25, 0.3) is 0 Å². The van der Waals surface area contributed by atoms with E-state index < -0.39 is 17.5 Å². The molecule has 18 heavy (non-hydrogen) atoms. The number of halogens is 4. The van der Waals surface area contributed by atoms with Gasteiger partial charge in [0.25, 0.3) is 5.91 Å². The van der Waals surface area contributed by atoms with E-state index in [1.165, 1.54) is 4.90 Å². The van der Waals surface area contributed by atoms with Crippen molar-refractivity contribution in [2.45, 2.75) is 12.5 Å². The zero-order valence-electron chi connectivity index (χ0n) is 9.33. The maximum atomic E-state index is 13.5. The van der Waals surface area contributed by atoms with Crippen molar-refractivity contribution < 1.29 is 13.6 Å². The van der Waals surface area contributed by atoms with Gasteiger partial charge in [-0.05, 0) is 18.6 Å². The number of amides is 1. The lowest BCUT2D eigenvalue weighted by Crippen LogP contribution is -2.32. The van der Waals surface area contributed by atoms with Crippen molar-refractivity contribution in [2.75, 3.05) is 13.1 Å². The van der Waals surface area contributed by atoms with Gasteiger partial charge in [0.05, 0.1) is 10.6 Å². The first-order valence-corrected chi connectivity index (χ1v) is 5.56. The number of carbonyl (C=O) groups is 1. The summed E-state index contributed by atoms with van der Waals surface area (Å²) in [5.41, 5.74) is 5.35. The van der Waals surface area contributed by atoms with Crippen molar-refractivity contribution in [1.82, 2.24) is 4.90 Å². The summed E-state index contributed by atoms with van der Waals surface area (Å²) in [5.74, 6) is -2.17. The molecule has 2 rings (SSSR count). The number of hydrogen-bond acceptors (Lipinski definition) is 2. The summed E-state index contributed by atoms with van der Waals surface area (Å²) in [4.78, 5) is 13.3. The van der Waals surface area contributed by atoms with Crippen molar-refractivity contribution in [3.8, 4) is 0 Å². The second kappa shape index (κ2) is 5.82. The molecule has 1 aliphatic heterocycles. The third kappa shape index (κ3) is 2.91. The third-order valence-electron chi connectivity index (χ3n) is 2.75. The largest absolute Gasteiger partial charge is 0.337 e. The molecule has 1 aromatic rings. The Kier molecular flexibility index (Phi) is 4.90. The number of nitrogens with zero attached hydrogens (tertiary/aromatic N) is 1. The molecule has 1 aromatic carbocycles. The van der Waals surface area contributed by atoms with Crippen LogP contribution in [0.5, 0.6) is 0 Å². The maximum Gasteiger partial charge on any atom is 0.256 e. The Morgan fingerprint density at radius 1 is 1.39 bits per heavy atom. The van der Waals surface area contributed by atoms with E-state index in [0.717, 1.165) is 12.1 Å². The van der Waals surface area contributed by atoms with Gasteiger partial charge >= 0.3 is 0 Å². The monoisotopic (exact) mass is 296 g/mol. The lowest BCUT2D eigenvalue weighted by Gasteiger charge is -2.16. The van der Waals surface area contributed by atoms with E-state index in [4.69, 9.17) is 17.3 Å². The van der Waals surface area contributed by atoms with Crippen molar-refractivity contribution in [2.24, 2.45) is 5.73 Å². The van der Waals surface area contributed by atoms with Crippen molar-refractivity contribution in [3.05, 3.63) is 34.4 Å². The van der Waals surface area contributed by atoms with E-state index in [1.807, 2.05) is 0 Å². The summed E-state index contributed by atoms with van der Waals surface area (Å²) in [7, 11) is 0. The molecule has 1 heterocycles. The number of hydrogen-bond donors (Lipinski definition) is 1. The molecule has 0 spiro atoms. The first-order valence-electron chi connectivity index (χ1n) is 5.18. The van der Waals surface area contributed by atoms with Crippen LogP contribution < -0.4 is 5.73 Å². The molecule has 2 N–H and O–H groups in total. The van der Waals surface area contributed by atoms with Crippen LogP contribution in [-0.2, 0) is 0 Å². The number of nitrogens with two attached hydrogens (primary N) is 1. The topological polar surface area (TPSA) is 46.3 Å². The molecule has 1 fully saturated rings. The van der Waals surface area contributed by atoms with Gasteiger partial charge in [0.1, 0.15) is 11.6 Å². The van der Waals surface area contributed by atoms with Gasteiger partial charge in [0.15, 0.2) is 0 Å². The SMILES string of the molecule is Cl.N[C@H]1CCN(C(=O)c2cc(F)c(Cl)cc2F)C1. The summed E-state index contributed by atoms with van der Waals surface area (Å²) in [6, 6.07) is 1.53. The van der Waals surface area contributed by atoms with Crippen LogP contribution in [0.15, 0.2) is 12.1 Å². The van der Waals surface area contributed by atoms with Gasteiger partial charge in [0, 0.05) is 19.1 Å². The standard InChI is InChI=1S/C11H11ClF2N2O.ClH/c12-8-4-9(13)7(3-10(8)14)11(17)16-2-1-6(15)5-16;/h3-4,6H,1-2,5,15H2;1H/t6-;/m0./s1. The van der Waals surface area contributed by atoms with Gasteiger partial charge in [-0.25, -0.2) is 8.78 Å². The van der Waals surface area contributed by atoms with Crippen molar-refractivity contribution in [1.29, 1.82) is 0 Å². The predicted molar refractivity (Wildman–Crippen MR) is 67.1 cm³/mol. The molecule has 1 saturated heterocycles. The summed E-state index contributed by atoms with van der Waals surface area (Å²) in [6.07, 6.45) is 0.670. The second-order valence-corrected chi connectivity index (χ2v) is 4.45. The van der Waals surface area contributed by atoms with E-state index in [2.05, 4.69) is 0 Å². The van der Waals surface area contributed by atoms with Gasteiger partial charge < -0.3 is 10.6 Å². The van der Waals surface area contributed by atoms with Crippen LogP contribution >= 0.6 is 24.0 Å². The molecular weight excluding hydrogens is 285 g/mol. The quantitative estimate of drug-likeness (QED) is 0.808. The second-order valence-electron chi connectivity index (χ2n) is 4.05. The minimum atomic E-state index is -0.818. The molecule has 1 atom stereocenters. The number of rotatable bonds is 1. The Balaban J connectivity index is 0.00000162. The first-order chi connectivity index (χ1) is 7.99. The van der Waals surface area contributed by atoms with Crippen molar-refractivity contribution in [3.63, 3.8) is 0 Å². The van der Waals surface area contributed by atoms with Gasteiger partial charge in [-0.15, -0.1) is 12.4 Å². The van der Waals surface area contributed by atoms with Crippen LogP contribution in [0.1, 0.15) is 16.8 Å². The van der Waals surface area contributed by atoms with Crippen molar-refractivity contribution >= 4 is 29.9 Å². The minimum Gasteiger partial charge on any atom is -0.337 e. The molecule has 1 aliphatic rings. The average molecular weight is 297 g/mol. The average Bonchev–Trinajstić information content (AvgIpc) is 2.69. The molecule has 100 valence electrons. The molecular formula is C11H12Cl2F2N2O. The van der Waals surface area contributed by atoms with Gasteiger partial charge in [-0.2, -0.15) is 0 Å². The minimum absolute atomic E-state index is 0. The Morgan fingerprint density at radius 2 is 2.06 bits per heavy atom. The Morgan fingerprint density at radius 3 is 2.61 bits per heavy atom. The number of benzene rings is 1. The van der Waals surface area contributed by atoms with Gasteiger partial charge in [-0.1, -0.05) is 11.6 Å². The fourth-order valence-electron chi connectivity index (χ4n) is 1.83. The number of carbonyl (C=O) groups excluding carboxylic acids is 1. The fourth-order valence-corrected chi connectivity index (χ4v) is 1.98. The summed E-state index contributed by atoms with van der Waals surface area (Å²) < 4.78 is 26.7. The predicted octanol–water partition coefficient (Wildman–Crippen LogP) is 2.21. The highest BCUT2D eigenvalue weighted by atomic mass is 35.5. The molecule has 0 saturated carbocycles. The van der Waals surface area contributed by atoms with E-state index >= 15 is 0 Å².